The minimum atomic E-state index is -0.294. The van der Waals surface area contributed by atoms with Gasteiger partial charge in [0.15, 0.2) is 0 Å². The Hall–Kier alpha value is 0.130. The zero-order valence-corrected chi connectivity index (χ0v) is 7.87. The number of carbonyl (C=O) groups is 1. The van der Waals surface area contributed by atoms with Crippen LogP contribution in [0.3, 0.4) is 0 Å². The quantitative estimate of drug-likeness (QED) is 0.361. The first kappa shape index (κ1) is 11.1. The van der Waals surface area contributed by atoms with E-state index in [9.17, 15) is 4.79 Å². The molecule has 0 atom stereocenters. The van der Waals surface area contributed by atoms with E-state index in [0.29, 0.717) is 12.4 Å². The molecule has 0 rings (SSSR count). The summed E-state index contributed by atoms with van der Waals surface area (Å²) in [6.45, 7) is 0.579. The second-order valence-corrected chi connectivity index (χ2v) is 3.26. The number of ether oxygens (including phenoxy) is 1. The largest absolute Gasteiger partial charge is 0.464 e. The van der Waals surface area contributed by atoms with Crippen LogP contribution in [0.5, 0.6) is 0 Å². The summed E-state index contributed by atoms with van der Waals surface area (Å²) in [5.74, 6) is 1.27. The number of thioether (sulfide) groups is 1. The highest BCUT2D eigenvalue weighted by Gasteiger charge is 1.96. The fourth-order valence-electron chi connectivity index (χ4n) is 0.427. The SMILES string of the molecule is O=C(CS)OCCSCCO. The lowest BCUT2D eigenvalue weighted by Gasteiger charge is -2.01. The first-order chi connectivity index (χ1) is 5.31. The third-order valence-electron chi connectivity index (χ3n) is 0.855. The van der Waals surface area contributed by atoms with E-state index in [1.165, 1.54) is 0 Å². The molecule has 0 aliphatic heterocycles. The molecule has 0 bridgehead atoms. The molecule has 0 aromatic carbocycles. The van der Waals surface area contributed by atoms with Crippen molar-refractivity contribution in [1.82, 2.24) is 0 Å². The molecule has 3 nitrogen and oxygen atoms in total. The van der Waals surface area contributed by atoms with Crippen LogP contribution in [0, 0.1) is 0 Å². The van der Waals surface area contributed by atoms with Crippen LogP contribution >= 0.6 is 24.4 Å². The molecule has 0 aromatic heterocycles. The monoisotopic (exact) mass is 196 g/mol. The fraction of sp³-hybridized carbons (Fsp3) is 0.833. The van der Waals surface area contributed by atoms with E-state index in [1.54, 1.807) is 11.8 Å². The van der Waals surface area contributed by atoms with Gasteiger partial charge in [-0.1, -0.05) is 0 Å². The van der Waals surface area contributed by atoms with Gasteiger partial charge in [0.05, 0.1) is 12.4 Å². The normalized spacial score (nSPS) is 9.64. The van der Waals surface area contributed by atoms with Crippen molar-refractivity contribution in [3.8, 4) is 0 Å². The van der Waals surface area contributed by atoms with Crippen LogP contribution in [-0.4, -0.2) is 41.5 Å². The van der Waals surface area contributed by atoms with Gasteiger partial charge < -0.3 is 9.84 Å². The molecule has 0 radical (unpaired) electrons. The highest BCUT2D eigenvalue weighted by molar-refractivity contribution is 7.99. The van der Waals surface area contributed by atoms with Crippen molar-refractivity contribution >= 4 is 30.4 Å². The number of thiol groups is 1. The van der Waals surface area contributed by atoms with Crippen LogP contribution in [0.25, 0.3) is 0 Å². The van der Waals surface area contributed by atoms with Gasteiger partial charge in [-0.25, -0.2) is 0 Å². The Morgan fingerprint density at radius 2 is 2.27 bits per heavy atom. The molecule has 0 aliphatic rings. The highest BCUT2D eigenvalue weighted by Crippen LogP contribution is 1.97. The lowest BCUT2D eigenvalue weighted by molar-refractivity contribution is -0.139. The molecule has 0 saturated carbocycles. The summed E-state index contributed by atoms with van der Waals surface area (Å²) in [6.07, 6.45) is 0. The molecular formula is C6H12O3S2. The van der Waals surface area contributed by atoms with Crippen molar-refractivity contribution in [2.45, 2.75) is 0 Å². The molecule has 0 spiro atoms. The molecule has 0 heterocycles. The standard InChI is InChI=1S/C6H12O3S2/c7-1-3-11-4-2-9-6(8)5-10/h7,10H,1-5H2. The van der Waals surface area contributed by atoms with Crippen molar-refractivity contribution in [2.24, 2.45) is 0 Å². The summed E-state index contributed by atoms with van der Waals surface area (Å²) in [5, 5.41) is 8.38. The van der Waals surface area contributed by atoms with Gasteiger partial charge in [-0.05, 0) is 0 Å². The summed E-state index contributed by atoms with van der Waals surface area (Å²) >= 11 is 5.29. The predicted octanol–water partition coefficient (Wildman–Crippen LogP) is 0.185. The molecule has 66 valence electrons. The van der Waals surface area contributed by atoms with E-state index in [0.717, 1.165) is 5.75 Å². The number of aliphatic hydroxyl groups is 1. The Bertz CT molecular complexity index is 108. The summed E-state index contributed by atoms with van der Waals surface area (Å²) in [7, 11) is 0. The topological polar surface area (TPSA) is 46.5 Å². The smallest absolute Gasteiger partial charge is 0.315 e. The second kappa shape index (κ2) is 8.23. The van der Waals surface area contributed by atoms with E-state index in [2.05, 4.69) is 12.6 Å². The maximum absolute atomic E-state index is 10.5. The fourth-order valence-corrected chi connectivity index (χ4v) is 1.05. The summed E-state index contributed by atoms with van der Waals surface area (Å²) in [4.78, 5) is 10.5. The van der Waals surface area contributed by atoms with Gasteiger partial charge in [0.2, 0.25) is 0 Å². The highest BCUT2D eigenvalue weighted by atomic mass is 32.2. The third-order valence-corrected chi connectivity index (χ3v) is 2.04. The zero-order chi connectivity index (χ0) is 8.53. The lowest BCUT2D eigenvalue weighted by atomic mass is 10.8. The first-order valence-corrected chi connectivity index (χ1v) is 5.05. The van der Waals surface area contributed by atoms with E-state index >= 15 is 0 Å². The molecule has 0 aromatic rings. The number of rotatable bonds is 6. The summed E-state index contributed by atoms with van der Waals surface area (Å²) in [5.41, 5.74) is 0. The van der Waals surface area contributed by atoms with Gasteiger partial charge in [0, 0.05) is 11.5 Å². The van der Waals surface area contributed by atoms with Crippen LogP contribution < -0.4 is 0 Å². The molecule has 5 heteroatoms. The number of hydrogen-bond acceptors (Lipinski definition) is 5. The number of esters is 1. The number of carbonyl (C=O) groups excluding carboxylic acids is 1. The summed E-state index contributed by atoms with van der Waals surface area (Å²) < 4.78 is 4.72. The van der Waals surface area contributed by atoms with E-state index < -0.39 is 0 Å². The Morgan fingerprint density at radius 3 is 2.82 bits per heavy atom. The summed E-state index contributed by atoms with van der Waals surface area (Å²) in [6, 6.07) is 0. The maximum atomic E-state index is 10.5. The Kier molecular flexibility index (Phi) is 8.33. The second-order valence-electron chi connectivity index (χ2n) is 1.71. The number of hydrogen-bond donors (Lipinski definition) is 2. The minimum absolute atomic E-state index is 0.130. The maximum Gasteiger partial charge on any atom is 0.315 e. The average molecular weight is 196 g/mol. The van der Waals surface area contributed by atoms with Crippen molar-refractivity contribution in [2.75, 3.05) is 30.5 Å². The van der Waals surface area contributed by atoms with Crippen molar-refractivity contribution < 1.29 is 14.6 Å². The third kappa shape index (κ3) is 8.03. The first-order valence-electron chi connectivity index (χ1n) is 3.26. The van der Waals surface area contributed by atoms with Crippen LogP contribution in [0.15, 0.2) is 0 Å². The Balaban J connectivity index is 2.95. The predicted molar refractivity (Wildman–Crippen MR) is 49.2 cm³/mol. The molecule has 0 amide bonds. The van der Waals surface area contributed by atoms with Crippen molar-refractivity contribution in [1.29, 1.82) is 0 Å². The van der Waals surface area contributed by atoms with E-state index in [-0.39, 0.29) is 18.3 Å². The molecule has 0 fully saturated rings. The molecular weight excluding hydrogens is 184 g/mol. The molecule has 1 N–H and O–H groups in total. The molecule has 0 aliphatic carbocycles. The van der Waals surface area contributed by atoms with Crippen LogP contribution in [0.1, 0.15) is 0 Å². The molecule has 0 saturated heterocycles. The number of aliphatic hydroxyl groups excluding tert-OH is 1. The van der Waals surface area contributed by atoms with E-state index in [1.807, 2.05) is 0 Å². The van der Waals surface area contributed by atoms with Gasteiger partial charge in [-0.3, -0.25) is 4.79 Å². The average Bonchev–Trinajstić information content (AvgIpc) is 2.04. The lowest BCUT2D eigenvalue weighted by Crippen LogP contribution is -2.08. The molecule has 0 unspecified atom stereocenters. The zero-order valence-electron chi connectivity index (χ0n) is 6.15. The van der Waals surface area contributed by atoms with E-state index in [4.69, 9.17) is 9.84 Å². The van der Waals surface area contributed by atoms with Gasteiger partial charge in [-0.2, -0.15) is 24.4 Å². The van der Waals surface area contributed by atoms with Gasteiger partial charge in [0.25, 0.3) is 0 Å². The van der Waals surface area contributed by atoms with Crippen LogP contribution in [0.4, 0.5) is 0 Å². The van der Waals surface area contributed by atoms with Crippen LogP contribution in [-0.2, 0) is 9.53 Å². The van der Waals surface area contributed by atoms with Crippen molar-refractivity contribution in [3.63, 3.8) is 0 Å². The van der Waals surface area contributed by atoms with Crippen molar-refractivity contribution in [3.05, 3.63) is 0 Å². The minimum Gasteiger partial charge on any atom is -0.464 e. The molecule has 11 heavy (non-hydrogen) atoms. The van der Waals surface area contributed by atoms with Gasteiger partial charge in [-0.15, -0.1) is 0 Å². The van der Waals surface area contributed by atoms with Gasteiger partial charge in [0.1, 0.15) is 6.61 Å². The Morgan fingerprint density at radius 1 is 1.55 bits per heavy atom. The van der Waals surface area contributed by atoms with Gasteiger partial charge >= 0.3 is 5.97 Å². The van der Waals surface area contributed by atoms with Crippen LogP contribution in [0.2, 0.25) is 0 Å². The Labute approximate surface area is 75.9 Å².